The number of benzene rings is 1. The molecule has 0 spiro atoms. The SMILES string of the molecule is CCC(C)CC(Cc1cccc(Cl)c1F)NN. The summed E-state index contributed by atoms with van der Waals surface area (Å²) in [5.74, 6) is 5.74. The van der Waals surface area contributed by atoms with Crippen LogP contribution < -0.4 is 11.3 Å². The zero-order valence-corrected chi connectivity index (χ0v) is 11.1. The Hall–Kier alpha value is -0.640. The van der Waals surface area contributed by atoms with Gasteiger partial charge in [0.15, 0.2) is 0 Å². The van der Waals surface area contributed by atoms with Crippen molar-refractivity contribution in [3.05, 3.63) is 34.6 Å². The molecule has 0 heterocycles. The summed E-state index contributed by atoms with van der Waals surface area (Å²) in [5.41, 5.74) is 3.37. The minimum Gasteiger partial charge on any atom is -0.271 e. The van der Waals surface area contributed by atoms with Gasteiger partial charge < -0.3 is 0 Å². The lowest BCUT2D eigenvalue weighted by molar-refractivity contribution is 0.393. The van der Waals surface area contributed by atoms with Crippen LogP contribution >= 0.6 is 11.6 Å². The maximum absolute atomic E-state index is 13.7. The molecule has 0 saturated heterocycles. The van der Waals surface area contributed by atoms with Gasteiger partial charge in [0.25, 0.3) is 0 Å². The van der Waals surface area contributed by atoms with Crippen LogP contribution in [0.3, 0.4) is 0 Å². The molecule has 2 atom stereocenters. The molecule has 0 radical (unpaired) electrons. The monoisotopic (exact) mass is 258 g/mol. The average molecular weight is 259 g/mol. The van der Waals surface area contributed by atoms with Gasteiger partial charge in [-0.05, 0) is 30.4 Å². The van der Waals surface area contributed by atoms with Crippen LogP contribution in [0.25, 0.3) is 0 Å². The highest BCUT2D eigenvalue weighted by atomic mass is 35.5. The van der Waals surface area contributed by atoms with E-state index in [4.69, 9.17) is 17.4 Å². The van der Waals surface area contributed by atoms with Crippen LogP contribution in [0.15, 0.2) is 18.2 Å². The van der Waals surface area contributed by atoms with Crippen molar-refractivity contribution in [3.63, 3.8) is 0 Å². The van der Waals surface area contributed by atoms with Gasteiger partial charge in [0.05, 0.1) is 5.02 Å². The summed E-state index contributed by atoms with van der Waals surface area (Å²) in [6.07, 6.45) is 2.59. The van der Waals surface area contributed by atoms with E-state index in [1.807, 2.05) is 0 Å². The van der Waals surface area contributed by atoms with Crippen LogP contribution in [0.5, 0.6) is 0 Å². The van der Waals surface area contributed by atoms with Crippen molar-refractivity contribution < 1.29 is 4.39 Å². The maximum atomic E-state index is 13.7. The van der Waals surface area contributed by atoms with Crippen LogP contribution in [-0.4, -0.2) is 6.04 Å². The molecule has 96 valence electrons. The van der Waals surface area contributed by atoms with E-state index in [2.05, 4.69) is 19.3 Å². The number of nitrogens with two attached hydrogens (primary N) is 1. The first-order valence-corrected chi connectivity index (χ1v) is 6.35. The summed E-state index contributed by atoms with van der Waals surface area (Å²) >= 11 is 5.75. The van der Waals surface area contributed by atoms with Gasteiger partial charge in [0.2, 0.25) is 0 Å². The zero-order valence-electron chi connectivity index (χ0n) is 10.3. The van der Waals surface area contributed by atoms with Crippen LogP contribution in [0.1, 0.15) is 32.3 Å². The number of nitrogens with one attached hydrogen (secondary N) is 1. The molecular weight excluding hydrogens is 239 g/mol. The van der Waals surface area contributed by atoms with E-state index < -0.39 is 0 Å². The normalized spacial score (nSPS) is 14.6. The molecule has 1 rings (SSSR count). The molecule has 0 fully saturated rings. The highest BCUT2D eigenvalue weighted by Crippen LogP contribution is 2.20. The Morgan fingerprint density at radius 2 is 2.18 bits per heavy atom. The molecule has 0 bridgehead atoms. The predicted octanol–water partition coefficient (Wildman–Crippen LogP) is 3.29. The van der Waals surface area contributed by atoms with E-state index >= 15 is 0 Å². The second-order valence-corrected chi connectivity index (χ2v) is 4.94. The van der Waals surface area contributed by atoms with Crippen molar-refractivity contribution in [1.29, 1.82) is 0 Å². The molecule has 0 aliphatic rings. The highest BCUT2D eigenvalue weighted by molar-refractivity contribution is 6.30. The van der Waals surface area contributed by atoms with E-state index in [9.17, 15) is 4.39 Å². The Balaban J connectivity index is 2.70. The van der Waals surface area contributed by atoms with E-state index in [1.165, 1.54) is 0 Å². The van der Waals surface area contributed by atoms with Crippen molar-refractivity contribution in [3.8, 4) is 0 Å². The fourth-order valence-electron chi connectivity index (χ4n) is 1.83. The van der Waals surface area contributed by atoms with E-state index in [-0.39, 0.29) is 16.9 Å². The molecule has 4 heteroatoms. The average Bonchev–Trinajstić information content (AvgIpc) is 2.33. The Morgan fingerprint density at radius 3 is 2.76 bits per heavy atom. The quantitative estimate of drug-likeness (QED) is 0.607. The lowest BCUT2D eigenvalue weighted by Crippen LogP contribution is -2.38. The molecule has 2 unspecified atom stereocenters. The second kappa shape index (κ2) is 6.94. The topological polar surface area (TPSA) is 38.0 Å². The van der Waals surface area contributed by atoms with Crippen molar-refractivity contribution >= 4 is 11.6 Å². The van der Waals surface area contributed by atoms with Gasteiger partial charge in [0, 0.05) is 6.04 Å². The second-order valence-electron chi connectivity index (χ2n) is 4.53. The van der Waals surface area contributed by atoms with Crippen LogP contribution in [0.4, 0.5) is 4.39 Å². The standard InChI is InChI=1S/C13H20ClFN2/c1-3-9(2)7-11(17-16)8-10-5-4-6-12(14)13(10)15/h4-6,9,11,17H,3,7-8,16H2,1-2H3. The first-order valence-electron chi connectivity index (χ1n) is 5.97. The molecular formula is C13H20ClFN2. The molecule has 3 N–H and O–H groups in total. The third-order valence-corrected chi connectivity index (χ3v) is 3.41. The highest BCUT2D eigenvalue weighted by Gasteiger charge is 2.14. The van der Waals surface area contributed by atoms with E-state index in [0.717, 1.165) is 12.8 Å². The molecule has 0 aliphatic carbocycles. The van der Waals surface area contributed by atoms with E-state index in [1.54, 1.807) is 18.2 Å². The lowest BCUT2D eigenvalue weighted by Gasteiger charge is -2.19. The first kappa shape index (κ1) is 14.4. The molecule has 2 nitrogen and oxygen atoms in total. The number of hydrazine groups is 1. The Kier molecular flexibility index (Phi) is 5.89. The van der Waals surface area contributed by atoms with Gasteiger partial charge in [0.1, 0.15) is 5.82 Å². The summed E-state index contributed by atoms with van der Waals surface area (Å²) in [4.78, 5) is 0. The Morgan fingerprint density at radius 1 is 1.47 bits per heavy atom. The van der Waals surface area contributed by atoms with Crippen molar-refractivity contribution in [1.82, 2.24) is 5.43 Å². The molecule has 1 aromatic carbocycles. The van der Waals surface area contributed by atoms with Crippen molar-refractivity contribution in [2.45, 2.75) is 39.2 Å². The summed E-state index contributed by atoms with van der Waals surface area (Å²) in [6, 6.07) is 5.15. The molecule has 0 aromatic heterocycles. The summed E-state index contributed by atoms with van der Waals surface area (Å²) < 4.78 is 13.7. The molecule has 17 heavy (non-hydrogen) atoms. The Labute approximate surface area is 107 Å². The largest absolute Gasteiger partial charge is 0.271 e. The summed E-state index contributed by atoms with van der Waals surface area (Å²) in [7, 11) is 0. The minimum absolute atomic E-state index is 0.0814. The molecule has 1 aromatic rings. The summed E-state index contributed by atoms with van der Waals surface area (Å²) in [5, 5.41) is 0.168. The van der Waals surface area contributed by atoms with Crippen molar-refractivity contribution in [2.24, 2.45) is 11.8 Å². The number of rotatable bonds is 6. The lowest BCUT2D eigenvalue weighted by atomic mass is 9.95. The van der Waals surface area contributed by atoms with Gasteiger partial charge in [-0.2, -0.15) is 0 Å². The smallest absolute Gasteiger partial charge is 0.145 e. The minimum atomic E-state index is -0.335. The van der Waals surface area contributed by atoms with Gasteiger partial charge >= 0.3 is 0 Å². The van der Waals surface area contributed by atoms with Gasteiger partial charge in [-0.1, -0.05) is 44.0 Å². The van der Waals surface area contributed by atoms with Crippen LogP contribution in [0.2, 0.25) is 5.02 Å². The predicted molar refractivity (Wildman–Crippen MR) is 70.3 cm³/mol. The zero-order chi connectivity index (χ0) is 12.8. The molecule has 0 aliphatic heterocycles. The fraction of sp³-hybridized carbons (Fsp3) is 0.538. The van der Waals surface area contributed by atoms with Crippen LogP contribution in [-0.2, 0) is 6.42 Å². The first-order chi connectivity index (χ1) is 8.08. The van der Waals surface area contributed by atoms with Gasteiger partial charge in [-0.15, -0.1) is 0 Å². The number of hydrogen-bond acceptors (Lipinski definition) is 2. The van der Waals surface area contributed by atoms with Crippen molar-refractivity contribution in [2.75, 3.05) is 0 Å². The third-order valence-electron chi connectivity index (χ3n) is 3.12. The van der Waals surface area contributed by atoms with Gasteiger partial charge in [-0.25, -0.2) is 4.39 Å². The Bertz CT molecular complexity index is 357. The molecule has 0 amide bonds. The number of halogens is 2. The van der Waals surface area contributed by atoms with E-state index in [0.29, 0.717) is 17.9 Å². The number of hydrogen-bond donors (Lipinski definition) is 2. The summed E-state index contributed by atoms with van der Waals surface area (Å²) in [6.45, 7) is 4.30. The fourth-order valence-corrected chi connectivity index (χ4v) is 2.03. The van der Waals surface area contributed by atoms with Crippen LogP contribution in [0, 0.1) is 11.7 Å². The molecule has 0 saturated carbocycles. The third kappa shape index (κ3) is 4.26. The maximum Gasteiger partial charge on any atom is 0.145 e. The van der Waals surface area contributed by atoms with Gasteiger partial charge in [-0.3, -0.25) is 11.3 Å².